The van der Waals surface area contributed by atoms with Crippen molar-refractivity contribution in [2.24, 2.45) is 5.41 Å². The van der Waals surface area contributed by atoms with E-state index in [4.69, 9.17) is 4.74 Å². The molecule has 0 spiro atoms. The van der Waals surface area contributed by atoms with E-state index < -0.39 is 17.2 Å². The van der Waals surface area contributed by atoms with Crippen molar-refractivity contribution in [2.45, 2.75) is 19.8 Å². The molecule has 0 saturated heterocycles. The van der Waals surface area contributed by atoms with Crippen LogP contribution in [-0.4, -0.2) is 24.0 Å². The van der Waals surface area contributed by atoms with Gasteiger partial charge in [-0.2, -0.15) is 0 Å². The molecule has 1 atom stereocenters. The highest BCUT2D eigenvalue weighted by molar-refractivity contribution is 6.06. The number of carbonyl (C=O) groups excluding carboxylic acids is 2. The highest BCUT2D eigenvalue weighted by Gasteiger charge is 2.46. The Balaban J connectivity index is 2.59. The lowest BCUT2D eigenvalue weighted by Gasteiger charge is -2.35. The quantitative estimate of drug-likeness (QED) is 0.555. The van der Waals surface area contributed by atoms with E-state index in [9.17, 15) is 14.7 Å². The van der Waals surface area contributed by atoms with Gasteiger partial charge in [-0.1, -0.05) is 17.7 Å². The van der Waals surface area contributed by atoms with Gasteiger partial charge in [-0.15, -0.1) is 0 Å². The normalized spacial score (nSPS) is 27.6. The molecule has 1 N–H and O–H groups in total. The van der Waals surface area contributed by atoms with Gasteiger partial charge in [0.1, 0.15) is 5.41 Å². The fraction of sp³-hybridized carbons (Fsp3) is 0.385. The average Bonchev–Trinajstić information content (AvgIpc) is 2.34. The summed E-state index contributed by atoms with van der Waals surface area (Å²) in [6, 6.07) is 0. The van der Waals surface area contributed by atoms with Gasteiger partial charge in [0, 0.05) is 5.57 Å². The van der Waals surface area contributed by atoms with Gasteiger partial charge in [-0.05, 0) is 25.8 Å². The molecule has 0 aliphatic heterocycles. The molecule has 90 valence electrons. The number of ketones is 1. The third-order valence-corrected chi connectivity index (χ3v) is 3.35. The summed E-state index contributed by atoms with van der Waals surface area (Å²) in [5, 5.41) is 9.84. The van der Waals surface area contributed by atoms with Crippen molar-refractivity contribution in [3.05, 3.63) is 35.1 Å². The second kappa shape index (κ2) is 3.87. The van der Waals surface area contributed by atoms with Gasteiger partial charge < -0.3 is 9.84 Å². The summed E-state index contributed by atoms with van der Waals surface area (Å²) < 4.78 is 4.79. The molecule has 2 aliphatic carbocycles. The Morgan fingerprint density at radius 2 is 2.24 bits per heavy atom. The molecule has 0 aromatic carbocycles. The van der Waals surface area contributed by atoms with Crippen LogP contribution in [0.3, 0.4) is 0 Å². The fourth-order valence-corrected chi connectivity index (χ4v) is 2.33. The summed E-state index contributed by atoms with van der Waals surface area (Å²) in [7, 11) is 1.31. The lowest BCUT2D eigenvalue weighted by molar-refractivity contribution is -0.148. The number of fused-ring (bicyclic) bond motifs is 1. The first-order chi connectivity index (χ1) is 8.01. The van der Waals surface area contributed by atoms with E-state index in [0.29, 0.717) is 18.4 Å². The van der Waals surface area contributed by atoms with Crippen LogP contribution in [0.5, 0.6) is 0 Å². The first kappa shape index (κ1) is 11.6. The summed E-state index contributed by atoms with van der Waals surface area (Å²) in [4.78, 5) is 23.4. The molecule has 0 heterocycles. The molecule has 2 rings (SSSR count). The van der Waals surface area contributed by atoms with E-state index in [-0.39, 0.29) is 5.76 Å². The molecule has 17 heavy (non-hydrogen) atoms. The Labute approximate surface area is 99.3 Å². The maximum atomic E-state index is 11.9. The number of allylic oxidation sites excluding steroid dienone is 3. The number of hydrogen-bond acceptors (Lipinski definition) is 4. The number of aliphatic hydroxyl groups excluding tert-OH is 1. The van der Waals surface area contributed by atoms with E-state index in [2.05, 4.69) is 0 Å². The number of esters is 1. The van der Waals surface area contributed by atoms with Crippen LogP contribution in [-0.2, 0) is 14.3 Å². The second-order valence-corrected chi connectivity index (χ2v) is 4.42. The molecular weight excluding hydrogens is 220 g/mol. The van der Waals surface area contributed by atoms with E-state index in [1.807, 2.05) is 13.0 Å². The van der Waals surface area contributed by atoms with Crippen molar-refractivity contribution in [3.8, 4) is 0 Å². The van der Waals surface area contributed by atoms with Crippen LogP contribution < -0.4 is 0 Å². The van der Waals surface area contributed by atoms with Crippen molar-refractivity contribution in [2.75, 3.05) is 7.11 Å². The molecule has 4 nitrogen and oxygen atoms in total. The summed E-state index contributed by atoms with van der Waals surface area (Å²) in [6.07, 6.45) is 5.57. The minimum Gasteiger partial charge on any atom is -0.504 e. The lowest BCUT2D eigenvalue weighted by Crippen LogP contribution is -2.37. The number of carbonyl (C=O) groups is 2. The highest BCUT2D eigenvalue weighted by atomic mass is 16.5. The Hall–Kier alpha value is -1.84. The van der Waals surface area contributed by atoms with E-state index in [1.54, 1.807) is 6.08 Å². The maximum absolute atomic E-state index is 11.9. The van der Waals surface area contributed by atoms with Gasteiger partial charge in [0.25, 0.3) is 0 Å². The molecule has 1 unspecified atom stereocenters. The molecule has 0 bridgehead atoms. The molecule has 0 radical (unpaired) electrons. The van der Waals surface area contributed by atoms with Crippen LogP contribution in [0.25, 0.3) is 0 Å². The zero-order valence-corrected chi connectivity index (χ0v) is 9.82. The Bertz CT molecular complexity index is 482. The summed E-state index contributed by atoms with van der Waals surface area (Å²) >= 11 is 0. The van der Waals surface area contributed by atoms with Crippen LogP contribution in [0, 0.1) is 5.41 Å². The molecule has 2 aliphatic rings. The van der Waals surface area contributed by atoms with Crippen LogP contribution in [0.4, 0.5) is 0 Å². The second-order valence-electron chi connectivity index (χ2n) is 4.42. The zero-order valence-electron chi connectivity index (χ0n) is 9.82. The van der Waals surface area contributed by atoms with Gasteiger partial charge in [-0.25, -0.2) is 0 Å². The van der Waals surface area contributed by atoms with Gasteiger partial charge >= 0.3 is 5.97 Å². The number of methoxy groups -OCH3 is 1. The largest absolute Gasteiger partial charge is 0.504 e. The van der Waals surface area contributed by atoms with E-state index >= 15 is 0 Å². The molecule has 0 aromatic rings. The lowest BCUT2D eigenvalue weighted by atomic mass is 9.68. The van der Waals surface area contributed by atoms with Crippen molar-refractivity contribution in [1.29, 1.82) is 0 Å². The minimum atomic E-state index is -0.994. The molecule has 4 heteroatoms. The van der Waals surface area contributed by atoms with Gasteiger partial charge in [0.05, 0.1) is 7.11 Å². The zero-order chi connectivity index (χ0) is 12.6. The predicted octanol–water partition coefficient (Wildman–Crippen LogP) is 1.84. The van der Waals surface area contributed by atoms with Crippen molar-refractivity contribution >= 4 is 11.8 Å². The first-order valence-corrected chi connectivity index (χ1v) is 5.41. The first-order valence-electron chi connectivity index (χ1n) is 5.41. The van der Waals surface area contributed by atoms with Crippen molar-refractivity contribution < 1.29 is 19.4 Å². The van der Waals surface area contributed by atoms with Gasteiger partial charge in [0.2, 0.25) is 5.78 Å². The standard InChI is InChI=1S/C13H14O4/c1-8-3-5-13(12(16)17-2)6-4-10(14)11(15)9(13)7-8/h3-4,6,15H,5,7H2,1-2H3. The third kappa shape index (κ3) is 1.60. The van der Waals surface area contributed by atoms with Crippen LogP contribution >= 0.6 is 0 Å². The Kier molecular flexibility index (Phi) is 2.65. The Morgan fingerprint density at radius 3 is 2.88 bits per heavy atom. The summed E-state index contributed by atoms with van der Waals surface area (Å²) in [6.45, 7) is 1.91. The monoisotopic (exact) mass is 234 g/mol. The number of aliphatic hydroxyl groups is 1. The molecule has 0 fully saturated rings. The van der Waals surface area contributed by atoms with E-state index in [1.165, 1.54) is 13.2 Å². The predicted molar refractivity (Wildman–Crippen MR) is 61.2 cm³/mol. The fourth-order valence-electron chi connectivity index (χ4n) is 2.33. The average molecular weight is 234 g/mol. The van der Waals surface area contributed by atoms with Crippen LogP contribution in [0.2, 0.25) is 0 Å². The topological polar surface area (TPSA) is 63.6 Å². The van der Waals surface area contributed by atoms with Crippen molar-refractivity contribution in [3.63, 3.8) is 0 Å². The molecule has 0 aromatic heterocycles. The number of rotatable bonds is 1. The van der Waals surface area contributed by atoms with E-state index in [0.717, 1.165) is 5.57 Å². The van der Waals surface area contributed by atoms with Crippen LogP contribution in [0.1, 0.15) is 19.8 Å². The molecule has 0 saturated carbocycles. The summed E-state index contributed by atoms with van der Waals surface area (Å²) in [5.41, 5.74) is 0.498. The maximum Gasteiger partial charge on any atom is 0.320 e. The van der Waals surface area contributed by atoms with Gasteiger partial charge in [-0.3, -0.25) is 9.59 Å². The number of hydrogen-bond donors (Lipinski definition) is 1. The summed E-state index contributed by atoms with van der Waals surface area (Å²) in [5.74, 6) is -1.20. The molecular formula is C13H14O4. The van der Waals surface area contributed by atoms with Crippen LogP contribution in [0.15, 0.2) is 35.1 Å². The van der Waals surface area contributed by atoms with Gasteiger partial charge in [0.15, 0.2) is 5.76 Å². The SMILES string of the molecule is COC(=O)C12C=CC(=O)C(O)=C1CC(C)=CC2. The van der Waals surface area contributed by atoms with Crippen molar-refractivity contribution in [1.82, 2.24) is 0 Å². The number of ether oxygens (including phenoxy) is 1. The smallest absolute Gasteiger partial charge is 0.320 e. The molecule has 0 amide bonds. The highest BCUT2D eigenvalue weighted by Crippen LogP contribution is 2.45. The Morgan fingerprint density at radius 1 is 1.53 bits per heavy atom. The minimum absolute atomic E-state index is 0.314. The third-order valence-electron chi connectivity index (χ3n) is 3.35.